The number of nitrogens with zero attached hydrogens (tertiary/aromatic N) is 4. The van der Waals surface area contributed by atoms with E-state index in [0.29, 0.717) is 6.54 Å². The molecule has 3 aromatic rings. The molecule has 0 saturated carbocycles. The fourth-order valence-electron chi connectivity index (χ4n) is 1.58. The molecule has 0 amide bonds. The van der Waals surface area contributed by atoms with Gasteiger partial charge in [0.2, 0.25) is 0 Å². The topological polar surface area (TPSA) is 70.9 Å². The minimum absolute atomic E-state index is 0.631. The molecular weight excluding hydrogens is 284 g/mol. The zero-order valence-electron chi connectivity index (χ0n) is 8.76. The van der Waals surface area contributed by atoms with E-state index >= 15 is 0 Å². The molecule has 7 heteroatoms. The van der Waals surface area contributed by atoms with Crippen LogP contribution in [0.2, 0.25) is 0 Å². The first-order chi connectivity index (χ1) is 8.33. The second-order valence-electron chi connectivity index (χ2n) is 3.51. The van der Waals surface area contributed by atoms with Crippen molar-refractivity contribution in [2.24, 2.45) is 0 Å². The average molecular weight is 293 g/mol. The van der Waals surface area contributed by atoms with Crippen molar-refractivity contribution in [2.75, 3.05) is 5.32 Å². The molecule has 0 unspecified atom stereocenters. The lowest BCUT2D eigenvalue weighted by Crippen LogP contribution is -2.04. The van der Waals surface area contributed by atoms with Gasteiger partial charge in [-0.3, -0.25) is 5.10 Å². The lowest BCUT2D eigenvalue weighted by molar-refractivity contribution is 0.968. The van der Waals surface area contributed by atoms with Gasteiger partial charge in [-0.2, -0.15) is 5.10 Å². The summed E-state index contributed by atoms with van der Waals surface area (Å²) in [5.41, 5.74) is 1.80. The van der Waals surface area contributed by atoms with E-state index in [0.717, 1.165) is 21.8 Å². The summed E-state index contributed by atoms with van der Waals surface area (Å²) in [5.74, 6) is 0.735. The Morgan fingerprint density at radius 1 is 1.41 bits per heavy atom. The quantitative estimate of drug-likeness (QED) is 0.773. The zero-order chi connectivity index (χ0) is 11.7. The van der Waals surface area contributed by atoms with Gasteiger partial charge in [-0.25, -0.2) is 9.97 Å². The number of imidazole rings is 1. The van der Waals surface area contributed by atoms with Crippen molar-refractivity contribution in [3.8, 4) is 0 Å². The summed E-state index contributed by atoms with van der Waals surface area (Å²) in [5, 5.41) is 9.99. The Kier molecular flexibility index (Phi) is 2.52. The highest BCUT2D eigenvalue weighted by Gasteiger charge is 2.06. The molecule has 0 aliphatic heterocycles. The van der Waals surface area contributed by atoms with E-state index in [4.69, 9.17) is 0 Å². The largest absolute Gasteiger partial charge is 0.361 e. The molecule has 0 spiro atoms. The van der Waals surface area contributed by atoms with Gasteiger partial charge in [0, 0.05) is 24.8 Å². The van der Waals surface area contributed by atoms with Gasteiger partial charge in [-0.05, 0) is 22.0 Å². The van der Waals surface area contributed by atoms with Crippen molar-refractivity contribution in [1.82, 2.24) is 24.6 Å². The number of hydrogen-bond acceptors (Lipinski definition) is 4. The van der Waals surface area contributed by atoms with E-state index in [1.165, 1.54) is 0 Å². The molecule has 3 aromatic heterocycles. The Morgan fingerprint density at radius 3 is 3.18 bits per heavy atom. The van der Waals surface area contributed by atoms with Crippen molar-refractivity contribution in [3.05, 3.63) is 41.2 Å². The van der Waals surface area contributed by atoms with Crippen molar-refractivity contribution in [1.29, 1.82) is 0 Å². The predicted octanol–water partition coefficient (Wildman–Crippen LogP) is 1.83. The van der Waals surface area contributed by atoms with E-state index in [9.17, 15) is 0 Å². The Bertz CT molecular complexity index is 629. The molecule has 6 nitrogen and oxygen atoms in total. The predicted molar refractivity (Wildman–Crippen MR) is 66.6 cm³/mol. The van der Waals surface area contributed by atoms with E-state index in [1.807, 2.05) is 22.9 Å². The van der Waals surface area contributed by atoms with Gasteiger partial charge in [0.15, 0.2) is 11.5 Å². The first kappa shape index (κ1) is 10.3. The van der Waals surface area contributed by atoms with Crippen LogP contribution in [-0.4, -0.2) is 24.6 Å². The number of anilines is 1. The normalized spacial score (nSPS) is 10.9. The van der Waals surface area contributed by atoms with Crippen molar-refractivity contribution >= 4 is 27.4 Å². The number of aromatic nitrogens is 5. The number of hydrogen-bond donors (Lipinski definition) is 2. The summed E-state index contributed by atoms with van der Waals surface area (Å²) in [6.45, 7) is 0.631. The van der Waals surface area contributed by atoms with E-state index < -0.39 is 0 Å². The van der Waals surface area contributed by atoms with Crippen LogP contribution in [0.25, 0.3) is 5.65 Å². The molecule has 0 aliphatic carbocycles. The highest BCUT2D eigenvalue weighted by atomic mass is 79.9. The molecule has 0 saturated heterocycles. The Hall–Kier alpha value is -1.89. The molecule has 0 bridgehead atoms. The van der Waals surface area contributed by atoms with Crippen LogP contribution >= 0.6 is 15.9 Å². The summed E-state index contributed by atoms with van der Waals surface area (Å²) >= 11 is 3.37. The molecule has 0 radical (unpaired) electrons. The average Bonchev–Trinajstić information content (AvgIpc) is 2.95. The summed E-state index contributed by atoms with van der Waals surface area (Å²) in [6, 6.07) is 1.91. The van der Waals surface area contributed by atoms with Gasteiger partial charge < -0.3 is 9.72 Å². The Balaban J connectivity index is 1.91. The molecule has 0 fully saturated rings. The maximum Gasteiger partial charge on any atom is 0.180 e. The maximum absolute atomic E-state index is 4.36. The van der Waals surface area contributed by atoms with Crippen LogP contribution in [0.3, 0.4) is 0 Å². The summed E-state index contributed by atoms with van der Waals surface area (Å²) in [6.07, 6.45) is 7.20. The second-order valence-corrected chi connectivity index (χ2v) is 4.32. The molecule has 86 valence electrons. The molecular formula is C10H9BrN6. The third kappa shape index (κ3) is 2.01. The van der Waals surface area contributed by atoms with Gasteiger partial charge in [-0.15, -0.1) is 0 Å². The minimum Gasteiger partial charge on any atom is -0.361 e. The lowest BCUT2D eigenvalue weighted by Gasteiger charge is -2.06. The molecule has 0 aliphatic rings. The highest BCUT2D eigenvalue weighted by molar-refractivity contribution is 9.10. The molecule has 0 aromatic carbocycles. The van der Waals surface area contributed by atoms with Crippen molar-refractivity contribution in [3.63, 3.8) is 0 Å². The van der Waals surface area contributed by atoms with Gasteiger partial charge in [-0.1, -0.05) is 0 Å². The van der Waals surface area contributed by atoms with E-state index in [1.54, 1.807) is 12.4 Å². The second kappa shape index (κ2) is 4.17. The van der Waals surface area contributed by atoms with Crippen LogP contribution in [0, 0.1) is 0 Å². The van der Waals surface area contributed by atoms with E-state index in [2.05, 4.69) is 41.4 Å². The summed E-state index contributed by atoms with van der Waals surface area (Å²) in [4.78, 5) is 8.61. The lowest BCUT2D eigenvalue weighted by atomic mass is 10.4. The van der Waals surface area contributed by atoms with Crippen LogP contribution in [0.15, 0.2) is 35.5 Å². The van der Waals surface area contributed by atoms with Gasteiger partial charge in [0.05, 0.1) is 12.2 Å². The fraction of sp³-hybridized carbons (Fsp3) is 0.100. The summed E-state index contributed by atoms with van der Waals surface area (Å²) in [7, 11) is 0. The van der Waals surface area contributed by atoms with Crippen molar-refractivity contribution < 1.29 is 0 Å². The standard InChI is InChI=1S/C10H9BrN6/c11-8-6-17-4-3-12-10(17)9(15-8)13-5-7-1-2-14-16-7/h1-4,6H,5H2,(H,13,15)(H,14,16). The molecule has 2 N–H and O–H groups in total. The molecule has 3 rings (SSSR count). The number of halogens is 1. The molecule has 3 heterocycles. The fourth-order valence-corrected chi connectivity index (χ4v) is 1.98. The van der Waals surface area contributed by atoms with Crippen molar-refractivity contribution in [2.45, 2.75) is 6.54 Å². The van der Waals surface area contributed by atoms with Gasteiger partial charge in [0.25, 0.3) is 0 Å². The zero-order valence-corrected chi connectivity index (χ0v) is 10.3. The first-order valence-corrected chi connectivity index (χ1v) is 5.83. The number of nitrogens with one attached hydrogen (secondary N) is 2. The van der Waals surface area contributed by atoms with Crippen LogP contribution in [-0.2, 0) is 6.54 Å². The number of fused-ring (bicyclic) bond motifs is 1. The third-order valence-corrected chi connectivity index (χ3v) is 2.73. The van der Waals surface area contributed by atoms with Crippen LogP contribution in [0.5, 0.6) is 0 Å². The number of rotatable bonds is 3. The third-order valence-electron chi connectivity index (χ3n) is 2.35. The minimum atomic E-state index is 0.631. The number of aromatic amines is 1. The van der Waals surface area contributed by atoms with Crippen LogP contribution < -0.4 is 5.32 Å². The smallest absolute Gasteiger partial charge is 0.180 e. The SMILES string of the molecule is Brc1cn2ccnc2c(NCc2ccn[nH]2)n1. The number of H-pyrrole nitrogens is 1. The molecule has 17 heavy (non-hydrogen) atoms. The van der Waals surface area contributed by atoms with Gasteiger partial charge in [0.1, 0.15) is 4.60 Å². The maximum atomic E-state index is 4.36. The summed E-state index contributed by atoms with van der Waals surface area (Å²) < 4.78 is 2.67. The highest BCUT2D eigenvalue weighted by Crippen LogP contribution is 2.17. The Morgan fingerprint density at radius 2 is 2.35 bits per heavy atom. The van der Waals surface area contributed by atoms with Crippen LogP contribution in [0.1, 0.15) is 5.69 Å². The first-order valence-electron chi connectivity index (χ1n) is 5.04. The van der Waals surface area contributed by atoms with Crippen LogP contribution in [0.4, 0.5) is 5.82 Å². The molecule has 0 atom stereocenters. The van der Waals surface area contributed by atoms with E-state index in [-0.39, 0.29) is 0 Å². The van der Waals surface area contributed by atoms with Gasteiger partial charge >= 0.3 is 0 Å². The Labute approximate surface area is 105 Å². The monoisotopic (exact) mass is 292 g/mol.